The monoisotopic (exact) mass is 314 g/mol. The number of hydrogen-bond donors (Lipinski definition) is 2. The Balaban J connectivity index is 2.87. The maximum atomic E-state index is 8.56. The minimum atomic E-state index is 0.231. The molecule has 0 aromatic carbocycles. The molecule has 0 atom stereocenters. The van der Waals surface area contributed by atoms with E-state index in [-0.39, 0.29) is 5.84 Å². The Kier molecular flexibility index (Phi) is 5.40. The summed E-state index contributed by atoms with van der Waals surface area (Å²) in [7, 11) is 0. The Morgan fingerprint density at radius 3 is 2.72 bits per heavy atom. The minimum absolute atomic E-state index is 0.231. The van der Waals surface area contributed by atoms with Gasteiger partial charge >= 0.3 is 0 Å². The number of hydrogen-bond acceptors (Lipinski definition) is 4. The van der Waals surface area contributed by atoms with Gasteiger partial charge in [-0.25, -0.2) is 4.98 Å². The smallest absolute Gasteiger partial charge is 0.140 e. The molecule has 1 heterocycles. The van der Waals surface area contributed by atoms with E-state index in [1.54, 1.807) is 0 Å². The summed E-state index contributed by atoms with van der Waals surface area (Å²) in [5, 5.41) is 11.5. The van der Waals surface area contributed by atoms with Crippen molar-refractivity contribution in [3.05, 3.63) is 22.3 Å². The second-order valence-electron chi connectivity index (χ2n) is 4.37. The third kappa shape index (κ3) is 3.87. The number of pyridine rings is 1. The van der Waals surface area contributed by atoms with Crippen LogP contribution in [0.15, 0.2) is 21.8 Å². The topological polar surface area (TPSA) is 74.7 Å². The molecular formula is C12H19BrN4O. The van der Waals surface area contributed by atoms with E-state index in [1.807, 2.05) is 19.1 Å². The number of anilines is 1. The van der Waals surface area contributed by atoms with Gasteiger partial charge in [-0.2, -0.15) is 0 Å². The first-order valence-electron chi connectivity index (χ1n) is 5.82. The first-order valence-corrected chi connectivity index (χ1v) is 6.61. The van der Waals surface area contributed by atoms with Crippen LogP contribution in [0.25, 0.3) is 0 Å². The first kappa shape index (κ1) is 14.8. The number of amidine groups is 1. The molecule has 0 aliphatic carbocycles. The molecule has 0 spiro atoms. The van der Waals surface area contributed by atoms with Crippen LogP contribution in [-0.2, 0) is 0 Å². The second kappa shape index (κ2) is 6.58. The maximum Gasteiger partial charge on any atom is 0.140 e. The SMILES string of the molecule is Cc1nc(N(CC/C(N)=N/O)C(C)C)ccc1Br. The molecule has 0 unspecified atom stereocenters. The van der Waals surface area contributed by atoms with Gasteiger partial charge in [-0.3, -0.25) is 0 Å². The van der Waals surface area contributed by atoms with E-state index in [1.165, 1.54) is 0 Å². The van der Waals surface area contributed by atoms with E-state index in [9.17, 15) is 0 Å². The maximum absolute atomic E-state index is 8.56. The van der Waals surface area contributed by atoms with Gasteiger partial charge in [0.15, 0.2) is 0 Å². The van der Waals surface area contributed by atoms with Crippen molar-refractivity contribution in [2.45, 2.75) is 33.2 Å². The van der Waals surface area contributed by atoms with E-state index in [0.717, 1.165) is 16.0 Å². The Morgan fingerprint density at radius 1 is 1.56 bits per heavy atom. The quantitative estimate of drug-likeness (QED) is 0.379. The van der Waals surface area contributed by atoms with Crippen molar-refractivity contribution in [1.82, 2.24) is 4.98 Å². The predicted molar refractivity (Wildman–Crippen MR) is 77.2 cm³/mol. The van der Waals surface area contributed by atoms with Crippen molar-refractivity contribution in [1.29, 1.82) is 0 Å². The highest BCUT2D eigenvalue weighted by molar-refractivity contribution is 9.10. The van der Waals surface area contributed by atoms with Crippen molar-refractivity contribution >= 4 is 27.6 Å². The van der Waals surface area contributed by atoms with E-state index < -0.39 is 0 Å². The Hall–Kier alpha value is -1.30. The minimum Gasteiger partial charge on any atom is -0.409 e. The number of nitrogens with zero attached hydrogens (tertiary/aromatic N) is 3. The zero-order chi connectivity index (χ0) is 13.7. The van der Waals surface area contributed by atoms with Crippen molar-refractivity contribution in [2.75, 3.05) is 11.4 Å². The zero-order valence-electron chi connectivity index (χ0n) is 10.9. The third-order valence-electron chi connectivity index (χ3n) is 2.66. The van der Waals surface area contributed by atoms with Gasteiger partial charge in [-0.1, -0.05) is 5.16 Å². The summed E-state index contributed by atoms with van der Waals surface area (Å²) < 4.78 is 0.992. The van der Waals surface area contributed by atoms with E-state index in [2.05, 4.69) is 44.8 Å². The molecule has 6 heteroatoms. The summed E-state index contributed by atoms with van der Waals surface area (Å²) in [4.78, 5) is 6.66. The molecule has 0 aliphatic rings. The average molecular weight is 315 g/mol. The molecule has 0 bridgehead atoms. The Bertz CT molecular complexity index is 434. The zero-order valence-corrected chi connectivity index (χ0v) is 12.5. The summed E-state index contributed by atoms with van der Waals surface area (Å²) in [5.74, 6) is 1.13. The van der Waals surface area contributed by atoms with Crippen LogP contribution in [0, 0.1) is 6.92 Å². The summed E-state index contributed by atoms with van der Waals surface area (Å²) in [6, 6.07) is 4.24. The molecule has 18 heavy (non-hydrogen) atoms. The van der Waals surface area contributed by atoms with Gasteiger partial charge < -0.3 is 15.8 Å². The van der Waals surface area contributed by atoms with Crippen molar-refractivity contribution in [3.63, 3.8) is 0 Å². The largest absolute Gasteiger partial charge is 0.409 e. The van der Waals surface area contributed by atoms with Gasteiger partial charge in [0.05, 0.1) is 5.69 Å². The Labute approximate surface area is 116 Å². The van der Waals surface area contributed by atoms with Crippen LogP contribution in [0.2, 0.25) is 0 Å². The highest BCUT2D eigenvalue weighted by Gasteiger charge is 2.13. The molecule has 0 saturated heterocycles. The molecule has 0 aliphatic heterocycles. The van der Waals surface area contributed by atoms with Gasteiger partial charge in [0.2, 0.25) is 0 Å². The highest BCUT2D eigenvalue weighted by Crippen LogP contribution is 2.20. The number of nitrogens with two attached hydrogens (primary N) is 1. The van der Waals surface area contributed by atoms with E-state index in [0.29, 0.717) is 19.0 Å². The Morgan fingerprint density at radius 2 is 2.22 bits per heavy atom. The standard InChI is InChI=1S/C12H19BrN4O/c1-8(2)17(7-6-11(14)16-18)12-5-4-10(13)9(3)15-12/h4-5,8,18H,6-7H2,1-3H3,(H2,14,16). The second-order valence-corrected chi connectivity index (χ2v) is 5.22. The third-order valence-corrected chi connectivity index (χ3v) is 3.50. The van der Waals surface area contributed by atoms with Crippen molar-refractivity contribution in [3.8, 4) is 0 Å². The fraction of sp³-hybridized carbons (Fsp3) is 0.500. The van der Waals surface area contributed by atoms with Crippen molar-refractivity contribution < 1.29 is 5.21 Å². The van der Waals surface area contributed by atoms with Gasteiger partial charge in [0.25, 0.3) is 0 Å². The van der Waals surface area contributed by atoms with Crippen LogP contribution < -0.4 is 10.6 Å². The molecule has 1 aromatic heterocycles. The number of halogens is 1. The fourth-order valence-corrected chi connectivity index (χ4v) is 1.83. The lowest BCUT2D eigenvalue weighted by Crippen LogP contribution is -2.34. The normalized spacial score (nSPS) is 11.9. The molecule has 0 amide bonds. The molecule has 5 nitrogen and oxygen atoms in total. The number of rotatable bonds is 5. The van der Waals surface area contributed by atoms with Crippen molar-refractivity contribution in [2.24, 2.45) is 10.9 Å². The summed E-state index contributed by atoms with van der Waals surface area (Å²) >= 11 is 3.44. The summed E-state index contributed by atoms with van der Waals surface area (Å²) in [6.07, 6.45) is 0.505. The van der Waals surface area contributed by atoms with Gasteiger partial charge in [-0.15, -0.1) is 0 Å². The van der Waals surface area contributed by atoms with Crippen LogP contribution in [0.3, 0.4) is 0 Å². The van der Waals surface area contributed by atoms with Gasteiger partial charge in [-0.05, 0) is 48.8 Å². The number of aryl methyl sites for hydroxylation is 1. The molecule has 0 radical (unpaired) electrons. The lowest BCUT2D eigenvalue weighted by Gasteiger charge is -2.28. The highest BCUT2D eigenvalue weighted by atomic mass is 79.9. The van der Waals surface area contributed by atoms with Gasteiger partial charge in [0, 0.05) is 23.5 Å². The first-order chi connectivity index (χ1) is 8.45. The molecule has 1 rings (SSSR count). The summed E-state index contributed by atoms with van der Waals surface area (Å²) in [5.41, 5.74) is 6.45. The number of aromatic nitrogens is 1. The fourth-order valence-electron chi connectivity index (χ4n) is 1.61. The van der Waals surface area contributed by atoms with Crippen LogP contribution in [-0.4, -0.2) is 28.6 Å². The van der Waals surface area contributed by atoms with Crippen LogP contribution in [0.1, 0.15) is 26.0 Å². The molecular weight excluding hydrogens is 296 g/mol. The lowest BCUT2D eigenvalue weighted by atomic mass is 10.2. The molecule has 100 valence electrons. The number of oxime groups is 1. The van der Waals surface area contributed by atoms with Crippen LogP contribution in [0.4, 0.5) is 5.82 Å². The van der Waals surface area contributed by atoms with Crippen LogP contribution in [0.5, 0.6) is 0 Å². The lowest BCUT2D eigenvalue weighted by molar-refractivity contribution is 0.317. The molecule has 0 saturated carbocycles. The average Bonchev–Trinajstić information content (AvgIpc) is 2.33. The van der Waals surface area contributed by atoms with Crippen LogP contribution >= 0.6 is 15.9 Å². The molecule has 3 N–H and O–H groups in total. The molecule has 0 fully saturated rings. The van der Waals surface area contributed by atoms with E-state index in [4.69, 9.17) is 10.9 Å². The predicted octanol–water partition coefficient (Wildman–Crippen LogP) is 2.50. The summed E-state index contributed by atoms with van der Waals surface area (Å²) in [6.45, 7) is 6.80. The molecule has 1 aromatic rings. The van der Waals surface area contributed by atoms with Gasteiger partial charge in [0.1, 0.15) is 11.7 Å². The van der Waals surface area contributed by atoms with E-state index >= 15 is 0 Å².